The van der Waals surface area contributed by atoms with Gasteiger partial charge in [0, 0.05) is 34.3 Å². The van der Waals surface area contributed by atoms with Crippen LogP contribution >= 0.6 is 12.1 Å². The molecule has 0 amide bonds. The second kappa shape index (κ2) is 12.3. The van der Waals surface area contributed by atoms with Gasteiger partial charge in [0.1, 0.15) is 17.7 Å². The molecule has 0 fully saturated rings. The third-order valence-corrected chi connectivity index (χ3v) is 9.26. The van der Waals surface area contributed by atoms with Crippen molar-refractivity contribution in [1.82, 2.24) is 0 Å². The van der Waals surface area contributed by atoms with Gasteiger partial charge in [0.15, 0.2) is 0 Å². The first kappa shape index (κ1) is 28.2. The molecule has 0 spiro atoms. The highest BCUT2D eigenvalue weighted by molar-refractivity contribution is 7.96. The van der Waals surface area contributed by atoms with Crippen molar-refractivity contribution in [3.63, 3.8) is 0 Å². The molecule has 1 unspecified atom stereocenters. The third kappa shape index (κ3) is 5.93. The summed E-state index contributed by atoms with van der Waals surface area (Å²) >= 11 is 0.245. The Morgan fingerprint density at radius 2 is 1.69 bits per heavy atom. The van der Waals surface area contributed by atoms with Gasteiger partial charge in [-0.1, -0.05) is 49.4 Å². The van der Waals surface area contributed by atoms with Crippen molar-refractivity contribution in [2.24, 2.45) is 0 Å². The highest BCUT2D eigenvalue weighted by Crippen LogP contribution is 2.45. The Morgan fingerprint density at radius 1 is 1.03 bits per heavy atom. The van der Waals surface area contributed by atoms with E-state index in [0.717, 1.165) is 37.1 Å². The van der Waals surface area contributed by atoms with Crippen LogP contribution in [0.1, 0.15) is 43.4 Å². The number of rotatable bonds is 9. The second-order valence-corrected chi connectivity index (χ2v) is 11.9. The number of hydrogen-bond donors (Lipinski definition) is 0. The number of allylic oxidation sites excluding steroid dienone is 2. The van der Waals surface area contributed by atoms with Crippen LogP contribution in [0.3, 0.4) is 0 Å². The average Bonchev–Trinajstić information content (AvgIpc) is 3.18. The maximum atomic E-state index is 13.4. The molecule has 0 aliphatic carbocycles. The molecule has 1 aliphatic heterocycles. The van der Waals surface area contributed by atoms with Gasteiger partial charge in [-0.25, -0.2) is 8.42 Å². The molecule has 39 heavy (non-hydrogen) atoms. The summed E-state index contributed by atoms with van der Waals surface area (Å²) in [6.07, 6.45) is 4.30. The average molecular weight is 558 g/mol. The summed E-state index contributed by atoms with van der Waals surface area (Å²) in [6, 6.07) is 25.6. The first-order valence-electron chi connectivity index (χ1n) is 12.7. The molecule has 0 aromatic heterocycles. The fraction of sp³-hybridized carbons (Fsp3) is 0.226. The summed E-state index contributed by atoms with van der Waals surface area (Å²) in [7, 11) is -3.88. The van der Waals surface area contributed by atoms with Gasteiger partial charge in [0.2, 0.25) is 9.84 Å². The Balaban J connectivity index is 1.60. The lowest BCUT2D eigenvalue weighted by Crippen LogP contribution is -2.33. The van der Waals surface area contributed by atoms with Crippen LogP contribution in [-0.4, -0.2) is 21.0 Å². The van der Waals surface area contributed by atoms with Crippen molar-refractivity contribution >= 4 is 39.3 Å². The monoisotopic (exact) mass is 557 g/mol. The van der Waals surface area contributed by atoms with Gasteiger partial charge >= 0.3 is 0 Å². The van der Waals surface area contributed by atoms with Crippen LogP contribution in [0.4, 0.5) is 9.57 Å². The molecular formula is C31H28FN3O2S2. The van der Waals surface area contributed by atoms with E-state index in [4.69, 9.17) is 0 Å². The zero-order chi connectivity index (χ0) is 28.0. The minimum atomic E-state index is -3.88. The number of anilines is 1. The predicted octanol–water partition coefficient (Wildman–Crippen LogP) is 7.53. The number of nitriles is 2. The number of hydrogen-bond acceptors (Lipinski definition) is 6. The summed E-state index contributed by atoms with van der Waals surface area (Å²) < 4.78 is 39.4. The molecule has 3 aromatic carbocycles. The quantitative estimate of drug-likeness (QED) is 0.253. The molecular weight excluding hydrogens is 529 g/mol. The number of sulfone groups is 1. The summed E-state index contributed by atoms with van der Waals surface area (Å²) in [4.78, 5) is 3.00. The van der Waals surface area contributed by atoms with Crippen LogP contribution < -0.4 is 4.90 Å². The summed E-state index contributed by atoms with van der Waals surface area (Å²) in [5.74, 6) is 0. The molecule has 0 saturated heterocycles. The Labute approximate surface area is 234 Å². The molecule has 8 heteroatoms. The van der Waals surface area contributed by atoms with Gasteiger partial charge in [-0.15, -0.1) is 0 Å². The predicted molar refractivity (Wildman–Crippen MR) is 155 cm³/mol. The number of fused-ring (bicyclic) bond motifs is 1. The van der Waals surface area contributed by atoms with Crippen LogP contribution in [-0.2, 0) is 16.3 Å². The van der Waals surface area contributed by atoms with Crippen LogP contribution in [0.5, 0.6) is 0 Å². The van der Waals surface area contributed by atoms with Crippen molar-refractivity contribution in [3.05, 3.63) is 100.0 Å². The first-order chi connectivity index (χ1) is 18.8. The van der Waals surface area contributed by atoms with E-state index >= 15 is 0 Å². The summed E-state index contributed by atoms with van der Waals surface area (Å²) in [6.45, 7) is 5.15. The smallest absolute Gasteiger partial charge is 0.207 e. The summed E-state index contributed by atoms with van der Waals surface area (Å²) in [5, 5.41) is 19.1. The van der Waals surface area contributed by atoms with Gasteiger partial charge in [-0.05, 0) is 73.7 Å². The minimum absolute atomic E-state index is 0.0366. The number of aryl methyl sites for hydroxylation is 1. The van der Waals surface area contributed by atoms with E-state index in [-0.39, 0.29) is 33.1 Å². The van der Waals surface area contributed by atoms with Crippen LogP contribution in [0.25, 0.3) is 11.6 Å². The molecule has 1 atom stereocenters. The Bertz CT molecular complexity index is 1580. The molecule has 0 radical (unpaired) electrons. The molecule has 1 aliphatic rings. The lowest BCUT2D eigenvalue weighted by molar-refractivity contribution is 0.599. The van der Waals surface area contributed by atoms with Crippen molar-refractivity contribution in [2.45, 2.75) is 48.9 Å². The van der Waals surface area contributed by atoms with Crippen LogP contribution in [0.2, 0.25) is 0 Å². The molecule has 0 bridgehead atoms. The van der Waals surface area contributed by atoms with Gasteiger partial charge in [0.25, 0.3) is 0 Å². The molecule has 198 valence electrons. The van der Waals surface area contributed by atoms with E-state index in [1.54, 1.807) is 30.3 Å². The zero-order valence-electron chi connectivity index (χ0n) is 21.8. The third-order valence-electron chi connectivity index (χ3n) is 6.98. The SMILES string of the molecule is CCC(C)N(CCCc1ccc(SF)cc1)c1ccc(/C=C2/C(=C(C#N)C#N)c3ccccc3S2(=O)=O)cc1. The van der Waals surface area contributed by atoms with Gasteiger partial charge in [-0.2, -0.15) is 14.4 Å². The van der Waals surface area contributed by atoms with Crippen molar-refractivity contribution < 1.29 is 12.3 Å². The van der Waals surface area contributed by atoms with E-state index in [2.05, 4.69) is 18.7 Å². The van der Waals surface area contributed by atoms with E-state index in [1.165, 1.54) is 12.1 Å². The topological polar surface area (TPSA) is 85.0 Å². The normalized spacial score (nSPS) is 15.3. The van der Waals surface area contributed by atoms with Crippen molar-refractivity contribution in [1.29, 1.82) is 10.5 Å². The highest BCUT2D eigenvalue weighted by atomic mass is 32.2. The zero-order valence-corrected chi connectivity index (χ0v) is 23.4. The van der Waals surface area contributed by atoms with E-state index in [9.17, 15) is 22.8 Å². The summed E-state index contributed by atoms with van der Waals surface area (Å²) in [5.41, 5.74) is 3.15. The number of nitrogens with zero attached hydrogens (tertiary/aromatic N) is 3. The van der Waals surface area contributed by atoms with Gasteiger partial charge < -0.3 is 4.90 Å². The van der Waals surface area contributed by atoms with Gasteiger partial charge in [0.05, 0.1) is 21.9 Å². The van der Waals surface area contributed by atoms with Crippen molar-refractivity contribution in [3.8, 4) is 12.1 Å². The Morgan fingerprint density at radius 3 is 2.31 bits per heavy atom. The lowest BCUT2D eigenvalue weighted by atomic mass is 9.99. The molecule has 0 saturated carbocycles. The number of benzene rings is 3. The maximum Gasteiger partial charge on any atom is 0.207 e. The van der Waals surface area contributed by atoms with Gasteiger partial charge in [-0.3, -0.25) is 0 Å². The fourth-order valence-electron chi connectivity index (χ4n) is 4.74. The lowest BCUT2D eigenvalue weighted by Gasteiger charge is -2.31. The Hall–Kier alpha value is -3.85. The largest absolute Gasteiger partial charge is 0.369 e. The fourth-order valence-corrected chi connectivity index (χ4v) is 6.70. The van der Waals surface area contributed by atoms with E-state index in [1.807, 2.05) is 48.5 Å². The molecule has 4 rings (SSSR count). The van der Waals surface area contributed by atoms with E-state index in [0.29, 0.717) is 22.1 Å². The van der Waals surface area contributed by atoms with Crippen LogP contribution in [0.15, 0.2) is 93.1 Å². The maximum absolute atomic E-state index is 13.4. The number of halogens is 1. The highest BCUT2D eigenvalue weighted by Gasteiger charge is 2.37. The Kier molecular flexibility index (Phi) is 8.91. The second-order valence-electron chi connectivity index (χ2n) is 9.35. The molecule has 0 N–H and O–H groups in total. The minimum Gasteiger partial charge on any atom is -0.369 e. The van der Waals surface area contributed by atoms with Crippen molar-refractivity contribution in [2.75, 3.05) is 11.4 Å². The molecule has 5 nitrogen and oxygen atoms in total. The standard InChI is InChI=1S/C31H28FN3O2S2/c1-3-22(2)35(18-6-7-23-12-16-27(38-32)17-13-23)26-14-10-24(11-15-26)19-30-31(25(20-33)21-34)28-8-4-5-9-29(28)39(30,36)37/h4-5,8-17,19,22H,3,6-7,18H2,1-2H3/b30-19-. The first-order valence-corrected chi connectivity index (χ1v) is 14.9. The molecule has 1 heterocycles. The molecule has 3 aromatic rings. The van der Waals surface area contributed by atoms with Crippen LogP contribution in [0, 0.1) is 22.7 Å². The van der Waals surface area contributed by atoms with E-state index < -0.39 is 9.84 Å².